The lowest BCUT2D eigenvalue weighted by Crippen LogP contribution is -2.29. The lowest BCUT2D eigenvalue weighted by Gasteiger charge is -2.14. The van der Waals surface area contributed by atoms with Crippen molar-refractivity contribution in [3.8, 4) is 11.5 Å². The fourth-order valence-corrected chi connectivity index (χ4v) is 2.18. The number of aliphatic hydroxyl groups is 1. The van der Waals surface area contributed by atoms with Crippen molar-refractivity contribution in [3.63, 3.8) is 0 Å². The molecular weight excluding hydrogens is 272 g/mol. The second kappa shape index (κ2) is 6.64. The van der Waals surface area contributed by atoms with Crippen LogP contribution in [-0.2, 0) is 7.05 Å². The monoisotopic (exact) mass is 294 g/mol. The largest absolute Gasteiger partial charge is 0.493 e. The third-order valence-corrected chi connectivity index (χ3v) is 3.26. The van der Waals surface area contributed by atoms with Crippen molar-refractivity contribution in [2.24, 2.45) is 7.05 Å². The van der Waals surface area contributed by atoms with Crippen LogP contribution in [0.3, 0.4) is 0 Å². The molecule has 0 aliphatic carbocycles. The number of aromatic nitrogens is 2. The van der Waals surface area contributed by atoms with Crippen molar-refractivity contribution < 1.29 is 14.6 Å². The summed E-state index contributed by atoms with van der Waals surface area (Å²) in [5.41, 5.74) is 1.75. The summed E-state index contributed by atoms with van der Waals surface area (Å²) >= 11 is 0. The Morgan fingerprint density at radius 3 is 2.71 bits per heavy atom. The van der Waals surface area contributed by atoms with Crippen LogP contribution in [0.25, 0.3) is 11.0 Å². The van der Waals surface area contributed by atoms with E-state index >= 15 is 0 Å². The van der Waals surface area contributed by atoms with Gasteiger partial charge in [0.15, 0.2) is 11.5 Å². The van der Waals surface area contributed by atoms with Crippen LogP contribution in [0.5, 0.6) is 11.5 Å². The molecule has 0 fully saturated rings. The number of likely N-dealkylation sites (N-methyl/N-ethyl adjacent to an activating group) is 1. The Balaban J connectivity index is 2.30. The Kier molecular flexibility index (Phi) is 4.87. The molecule has 0 aliphatic heterocycles. The summed E-state index contributed by atoms with van der Waals surface area (Å²) in [6.07, 6.45) is -0.577. The van der Waals surface area contributed by atoms with Gasteiger partial charge in [0, 0.05) is 32.8 Å². The molecule has 1 aromatic heterocycles. The Labute approximate surface area is 123 Å². The number of aryl methyl sites for hydroxylation is 1. The smallest absolute Gasteiger partial charge is 0.203 e. The van der Waals surface area contributed by atoms with E-state index in [0.717, 1.165) is 17.0 Å². The summed E-state index contributed by atoms with van der Waals surface area (Å²) in [5.74, 6) is 1.95. The van der Waals surface area contributed by atoms with Crippen LogP contribution in [0.4, 0.5) is 5.95 Å². The van der Waals surface area contributed by atoms with E-state index in [-0.39, 0.29) is 6.61 Å². The van der Waals surface area contributed by atoms with Gasteiger partial charge in [-0.3, -0.25) is 0 Å². The fourth-order valence-electron chi connectivity index (χ4n) is 2.18. The van der Waals surface area contributed by atoms with Crippen LogP contribution in [0, 0.1) is 0 Å². The second-order valence-corrected chi connectivity index (χ2v) is 4.76. The Morgan fingerprint density at radius 1 is 1.33 bits per heavy atom. The van der Waals surface area contributed by atoms with Crippen LogP contribution in [0.2, 0.25) is 0 Å². The van der Waals surface area contributed by atoms with Gasteiger partial charge in [0.1, 0.15) is 12.7 Å². The zero-order valence-corrected chi connectivity index (χ0v) is 12.8. The molecule has 2 aromatic rings. The van der Waals surface area contributed by atoms with Gasteiger partial charge in [0.2, 0.25) is 5.95 Å². The number of anilines is 1. The number of hydrogen-bond donors (Lipinski definition) is 3. The highest BCUT2D eigenvalue weighted by molar-refractivity contribution is 5.82. The number of fused-ring (bicyclic) bond motifs is 1. The van der Waals surface area contributed by atoms with Gasteiger partial charge >= 0.3 is 0 Å². The first kappa shape index (κ1) is 15.4. The highest BCUT2D eigenvalue weighted by atomic mass is 16.5. The third-order valence-electron chi connectivity index (χ3n) is 3.26. The summed E-state index contributed by atoms with van der Waals surface area (Å²) in [4.78, 5) is 4.47. The molecule has 0 bridgehead atoms. The van der Waals surface area contributed by atoms with E-state index in [1.807, 2.05) is 30.8 Å². The topological polar surface area (TPSA) is 80.6 Å². The second-order valence-electron chi connectivity index (χ2n) is 4.76. The summed E-state index contributed by atoms with van der Waals surface area (Å²) in [6, 6.07) is 3.70. The maximum Gasteiger partial charge on any atom is 0.203 e. The molecule has 0 amide bonds. The number of benzene rings is 1. The lowest BCUT2D eigenvalue weighted by atomic mass is 10.2. The van der Waals surface area contributed by atoms with Crippen LogP contribution >= 0.6 is 0 Å². The molecule has 0 saturated carbocycles. The first-order chi connectivity index (χ1) is 10.1. The normalized spacial score (nSPS) is 12.4. The highest BCUT2D eigenvalue weighted by Gasteiger charge is 2.14. The first-order valence-electron chi connectivity index (χ1n) is 6.78. The number of nitrogens with zero attached hydrogens (tertiary/aromatic N) is 2. The van der Waals surface area contributed by atoms with Crippen molar-refractivity contribution in [1.29, 1.82) is 0 Å². The van der Waals surface area contributed by atoms with Gasteiger partial charge in [0.05, 0.1) is 18.1 Å². The third kappa shape index (κ3) is 3.20. The average molecular weight is 294 g/mol. The minimum Gasteiger partial charge on any atom is -0.493 e. The van der Waals surface area contributed by atoms with E-state index in [1.165, 1.54) is 0 Å². The minimum atomic E-state index is -0.577. The maximum atomic E-state index is 9.72. The fraction of sp³-hybridized carbons (Fsp3) is 0.500. The van der Waals surface area contributed by atoms with E-state index in [9.17, 15) is 5.11 Å². The molecule has 2 rings (SSSR count). The highest BCUT2D eigenvalue weighted by Crippen LogP contribution is 2.33. The standard InChI is InChI=1S/C14H22N4O3/c1-15-7-9(19)8-21-13-5-10-11(6-12(13)20-4)18(3)14(16-2)17-10/h5-6,9,15,19H,7-8H2,1-4H3,(H,16,17)/t9-/m1/s1. The van der Waals surface area contributed by atoms with Gasteiger partial charge in [-0.2, -0.15) is 0 Å². The number of ether oxygens (including phenoxy) is 2. The Hall–Kier alpha value is -1.99. The van der Waals surface area contributed by atoms with Crippen LogP contribution in [0.15, 0.2) is 12.1 Å². The number of rotatable bonds is 7. The number of imidazole rings is 1. The SMILES string of the molecule is CNC[C@@H](O)COc1cc2nc(NC)n(C)c2cc1OC. The summed E-state index contributed by atoms with van der Waals surface area (Å²) in [5, 5.41) is 15.6. The van der Waals surface area contributed by atoms with Gasteiger partial charge < -0.3 is 29.8 Å². The molecule has 0 aliphatic rings. The number of hydrogen-bond acceptors (Lipinski definition) is 6. The van der Waals surface area contributed by atoms with E-state index in [1.54, 1.807) is 14.2 Å². The van der Waals surface area contributed by atoms with E-state index < -0.39 is 6.10 Å². The zero-order valence-electron chi connectivity index (χ0n) is 12.8. The van der Waals surface area contributed by atoms with E-state index in [0.29, 0.717) is 18.0 Å². The molecule has 0 spiro atoms. The molecule has 7 nitrogen and oxygen atoms in total. The quantitative estimate of drug-likeness (QED) is 0.693. The van der Waals surface area contributed by atoms with Gasteiger partial charge in [-0.1, -0.05) is 0 Å². The van der Waals surface area contributed by atoms with Crippen LogP contribution in [0.1, 0.15) is 0 Å². The van der Waals surface area contributed by atoms with Gasteiger partial charge in [-0.25, -0.2) is 4.98 Å². The average Bonchev–Trinajstić information content (AvgIpc) is 2.80. The van der Waals surface area contributed by atoms with Gasteiger partial charge in [-0.15, -0.1) is 0 Å². The minimum absolute atomic E-state index is 0.189. The number of aliphatic hydroxyl groups excluding tert-OH is 1. The zero-order chi connectivity index (χ0) is 15.4. The number of methoxy groups -OCH3 is 1. The summed E-state index contributed by atoms with van der Waals surface area (Å²) in [7, 11) is 7.12. The van der Waals surface area contributed by atoms with Crippen molar-refractivity contribution in [2.45, 2.75) is 6.10 Å². The van der Waals surface area contributed by atoms with Crippen molar-refractivity contribution in [1.82, 2.24) is 14.9 Å². The van der Waals surface area contributed by atoms with Gasteiger partial charge in [0.25, 0.3) is 0 Å². The maximum absolute atomic E-state index is 9.72. The molecule has 21 heavy (non-hydrogen) atoms. The number of nitrogens with one attached hydrogen (secondary N) is 2. The van der Waals surface area contributed by atoms with Crippen molar-refractivity contribution >= 4 is 17.0 Å². The predicted molar refractivity (Wildman–Crippen MR) is 82.2 cm³/mol. The molecule has 0 radical (unpaired) electrons. The molecular formula is C14H22N4O3. The first-order valence-corrected chi connectivity index (χ1v) is 6.78. The Bertz CT molecular complexity index is 612. The summed E-state index contributed by atoms with van der Waals surface area (Å²) < 4.78 is 13.0. The van der Waals surface area contributed by atoms with E-state index in [2.05, 4.69) is 15.6 Å². The molecule has 0 unspecified atom stereocenters. The van der Waals surface area contributed by atoms with Crippen LogP contribution < -0.4 is 20.1 Å². The molecule has 1 aromatic carbocycles. The van der Waals surface area contributed by atoms with E-state index in [4.69, 9.17) is 9.47 Å². The molecule has 7 heteroatoms. The molecule has 0 saturated heterocycles. The summed E-state index contributed by atoms with van der Waals surface area (Å²) in [6.45, 7) is 0.659. The molecule has 1 heterocycles. The van der Waals surface area contributed by atoms with Gasteiger partial charge in [-0.05, 0) is 7.05 Å². The predicted octanol–water partition coefficient (Wildman–Crippen LogP) is 0.583. The molecule has 1 atom stereocenters. The molecule has 116 valence electrons. The van der Waals surface area contributed by atoms with Crippen molar-refractivity contribution in [2.75, 3.05) is 39.7 Å². The van der Waals surface area contributed by atoms with Crippen LogP contribution in [-0.4, -0.2) is 55.1 Å². The van der Waals surface area contributed by atoms with Crippen molar-refractivity contribution in [3.05, 3.63) is 12.1 Å². The lowest BCUT2D eigenvalue weighted by molar-refractivity contribution is 0.106. The Morgan fingerprint density at radius 2 is 2.10 bits per heavy atom. The molecule has 3 N–H and O–H groups in total.